The van der Waals surface area contributed by atoms with Gasteiger partial charge in [-0.25, -0.2) is 4.79 Å². The number of carbonyl (C=O) groups excluding carboxylic acids is 1. The highest BCUT2D eigenvalue weighted by Gasteiger charge is 2.44. The van der Waals surface area contributed by atoms with Crippen LogP contribution in [0.2, 0.25) is 0 Å². The van der Waals surface area contributed by atoms with Gasteiger partial charge in [0.05, 0.1) is 6.61 Å². The third kappa shape index (κ3) is 3.10. The van der Waals surface area contributed by atoms with Gasteiger partial charge in [0.2, 0.25) is 5.91 Å². The molecular formula is C19H25NO4S. The van der Waals surface area contributed by atoms with Crippen molar-refractivity contribution >= 4 is 23.2 Å². The highest BCUT2D eigenvalue weighted by Crippen LogP contribution is 2.45. The topological polar surface area (TPSA) is 66.8 Å². The Morgan fingerprint density at radius 3 is 2.60 bits per heavy atom. The smallest absolute Gasteiger partial charge is 0.345 e. The third-order valence-corrected chi connectivity index (χ3v) is 7.37. The number of hydrogen-bond donors (Lipinski definition) is 1. The first-order chi connectivity index (χ1) is 12.1. The van der Waals surface area contributed by atoms with Crippen molar-refractivity contribution in [2.75, 3.05) is 19.7 Å². The molecule has 1 saturated heterocycles. The van der Waals surface area contributed by atoms with E-state index in [0.717, 1.165) is 55.6 Å². The third-order valence-electron chi connectivity index (χ3n) is 6.02. The van der Waals surface area contributed by atoms with Gasteiger partial charge in [0.25, 0.3) is 0 Å². The molecule has 6 heteroatoms. The normalized spacial score (nSPS) is 23.4. The molecule has 0 aromatic carbocycles. The SMILES string of the molecule is O=C(O)c1cc2c(s1)C1(CCN(C(=O)C3CCCCC3)CC1)OCC2. The molecule has 4 rings (SSSR count). The van der Waals surface area contributed by atoms with Crippen molar-refractivity contribution in [2.45, 2.75) is 57.0 Å². The predicted octanol–water partition coefficient (Wildman–Crippen LogP) is 3.42. The number of nitrogens with zero attached hydrogens (tertiary/aromatic N) is 1. The van der Waals surface area contributed by atoms with E-state index < -0.39 is 5.97 Å². The summed E-state index contributed by atoms with van der Waals surface area (Å²) in [4.78, 5) is 27.6. The van der Waals surface area contributed by atoms with Crippen LogP contribution in [0.5, 0.6) is 0 Å². The van der Waals surface area contributed by atoms with Crippen LogP contribution in [-0.4, -0.2) is 41.6 Å². The van der Waals surface area contributed by atoms with Gasteiger partial charge in [0, 0.05) is 23.9 Å². The fourth-order valence-electron chi connectivity index (χ4n) is 4.59. The van der Waals surface area contributed by atoms with Gasteiger partial charge in [0.15, 0.2) is 0 Å². The van der Waals surface area contributed by atoms with E-state index in [4.69, 9.17) is 4.74 Å². The van der Waals surface area contributed by atoms with Crippen LogP contribution in [-0.2, 0) is 21.6 Å². The predicted molar refractivity (Wildman–Crippen MR) is 95.0 cm³/mol. The molecule has 3 heterocycles. The fourth-order valence-corrected chi connectivity index (χ4v) is 5.84. The highest BCUT2D eigenvalue weighted by atomic mass is 32.1. The Kier molecular flexibility index (Phi) is 4.58. The molecule has 2 fully saturated rings. The fraction of sp³-hybridized carbons (Fsp3) is 0.684. The molecule has 1 saturated carbocycles. The Morgan fingerprint density at radius 1 is 1.20 bits per heavy atom. The van der Waals surface area contributed by atoms with E-state index in [0.29, 0.717) is 17.4 Å². The zero-order valence-corrected chi connectivity index (χ0v) is 15.3. The van der Waals surface area contributed by atoms with Gasteiger partial charge in [0.1, 0.15) is 10.5 Å². The summed E-state index contributed by atoms with van der Waals surface area (Å²) in [6.45, 7) is 2.07. The van der Waals surface area contributed by atoms with E-state index >= 15 is 0 Å². The minimum atomic E-state index is -0.862. The van der Waals surface area contributed by atoms with Crippen molar-refractivity contribution in [3.8, 4) is 0 Å². The molecule has 3 aliphatic rings. The lowest BCUT2D eigenvalue weighted by atomic mass is 9.83. The minimum absolute atomic E-state index is 0.214. The van der Waals surface area contributed by atoms with E-state index in [1.54, 1.807) is 0 Å². The van der Waals surface area contributed by atoms with Gasteiger partial charge in [-0.3, -0.25) is 4.79 Å². The zero-order chi connectivity index (χ0) is 17.4. The number of aromatic carboxylic acids is 1. The standard InChI is InChI=1S/C19H25NO4S/c21-17(13-4-2-1-3-5-13)20-9-7-19(8-10-20)16-14(6-11-24-19)12-15(25-16)18(22)23/h12-13H,1-11H2,(H,22,23). The van der Waals surface area contributed by atoms with Crippen molar-refractivity contribution in [1.82, 2.24) is 4.90 Å². The molecule has 1 aromatic heterocycles. The van der Waals surface area contributed by atoms with Crippen molar-refractivity contribution in [1.29, 1.82) is 0 Å². The summed E-state index contributed by atoms with van der Waals surface area (Å²) in [7, 11) is 0. The Labute approximate surface area is 152 Å². The summed E-state index contributed by atoms with van der Waals surface area (Å²) in [6.07, 6.45) is 8.01. The number of carboxylic acid groups (broad SMARTS) is 1. The molecule has 1 amide bonds. The summed E-state index contributed by atoms with van der Waals surface area (Å²) >= 11 is 1.36. The van der Waals surface area contributed by atoms with Crippen LogP contribution in [0.15, 0.2) is 6.07 Å². The van der Waals surface area contributed by atoms with E-state index in [1.807, 2.05) is 11.0 Å². The molecule has 136 valence electrons. The molecule has 5 nitrogen and oxygen atoms in total. The van der Waals surface area contributed by atoms with Crippen molar-refractivity contribution in [2.24, 2.45) is 5.92 Å². The van der Waals surface area contributed by atoms with E-state index in [9.17, 15) is 14.7 Å². The summed E-state index contributed by atoms with van der Waals surface area (Å²) < 4.78 is 6.18. The van der Waals surface area contributed by atoms with Crippen LogP contribution in [0.3, 0.4) is 0 Å². The molecule has 0 atom stereocenters. The second kappa shape index (κ2) is 6.72. The number of rotatable bonds is 2. The second-order valence-electron chi connectivity index (χ2n) is 7.52. The average molecular weight is 363 g/mol. The molecule has 25 heavy (non-hydrogen) atoms. The summed E-state index contributed by atoms with van der Waals surface area (Å²) in [5.74, 6) is -0.326. The van der Waals surface area contributed by atoms with Crippen LogP contribution in [0.25, 0.3) is 0 Å². The molecular weight excluding hydrogens is 338 g/mol. The van der Waals surface area contributed by atoms with E-state index in [-0.39, 0.29) is 11.5 Å². The van der Waals surface area contributed by atoms with Gasteiger partial charge in [-0.15, -0.1) is 11.3 Å². The molecule has 0 radical (unpaired) electrons. The quantitative estimate of drug-likeness (QED) is 0.874. The van der Waals surface area contributed by atoms with Crippen LogP contribution in [0, 0.1) is 5.92 Å². The number of likely N-dealkylation sites (tertiary alicyclic amines) is 1. The van der Waals surface area contributed by atoms with Crippen molar-refractivity contribution < 1.29 is 19.4 Å². The van der Waals surface area contributed by atoms with Crippen LogP contribution >= 0.6 is 11.3 Å². The molecule has 1 aliphatic carbocycles. The maximum atomic E-state index is 12.8. The van der Waals surface area contributed by atoms with Crippen LogP contribution in [0.4, 0.5) is 0 Å². The second-order valence-corrected chi connectivity index (χ2v) is 8.58. The van der Waals surface area contributed by atoms with Crippen molar-refractivity contribution in [3.05, 3.63) is 21.4 Å². The Hall–Kier alpha value is -1.40. The Morgan fingerprint density at radius 2 is 1.92 bits per heavy atom. The maximum absolute atomic E-state index is 12.8. The lowest BCUT2D eigenvalue weighted by Gasteiger charge is -2.44. The first kappa shape index (κ1) is 17.0. The van der Waals surface area contributed by atoms with Crippen LogP contribution in [0.1, 0.15) is 65.1 Å². The Balaban J connectivity index is 1.48. The number of fused-ring (bicyclic) bond motifs is 2. The summed E-state index contributed by atoms with van der Waals surface area (Å²) in [6, 6.07) is 1.81. The molecule has 0 bridgehead atoms. The lowest BCUT2D eigenvalue weighted by molar-refractivity contribution is -0.145. The van der Waals surface area contributed by atoms with Gasteiger partial charge in [-0.05, 0) is 43.7 Å². The average Bonchev–Trinajstić information content (AvgIpc) is 3.09. The number of thiophene rings is 1. The molecule has 1 aromatic rings. The molecule has 1 spiro atoms. The maximum Gasteiger partial charge on any atom is 0.345 e. The first-order valence-corrected chi connectivity index (χ1v) is 10.2. The lowest BCUT2D eigenvalue weighted by Crippen LogP contribution is -2.49. The van der Waals surface area contributed by atoms with Gasteiger partial charge >= 0.3 is 5.97 Å². The summed E-state index contributed by atoms with van der Waals surface area (Å²) in [5, 5.41) is 9.30. The zero-order valence-electron chi connectivity index (χ0n) is 14.5. The number of piperidine rings is 1. The van der Waals surface area contributed by atoms with E-state index in [1.165, 1.54) is 30.6 Å². The number of hydrogen-bond acceptors (Lipinski definition) is 4. The van der Waals surface area contributed by atoms with Crippen LogP contribution < -0.4 is 0 Å². The number of carboxylic acids is 1. The van der Waals surface area contributed by atoms with Crippen molar-refractivity contribution in [3.63, 3.8) is 0 Å². The molecule has 0 unspecified atom stereocenters. The number of carbonyl (C=O) groups is 2. The minimum Gasteiger partial charge on any atom is -0.477 e. The van der Waals surface area contributed by atoms with Gasteiger partial charge in [-0.2, -0.15) is 0 Å². The molecule has 2 aliphatic heterocycles. The van der Waals surface area contributed by atoms with E-state index in [2.05, 4.69) is 0 Å². The highest BCUT2D eigenvalue weighted by molar-refractivity contribution is 7.14. The number of amides is 1. The first-order valence-electron chi connectivity index (χ1n) is 9.38. The molecule has 1 N–H and O–H groups in total. The Bertz CT molecular complexity index is 669. The monoisotopic (exact) mass is 363 g/mol. The van der Waals surface area contributed by atoms with Gasteiger partial charge in [-0.1, -0.05) is 19.3 Å². The largest absolute Gasteiger partial charge is 0.477 e. The van der Waals surface area contributed by atoms with Gasteiger partial charge < -0.3 is 14.7 Å². The summed E-state index contributed by atoms with van der Waals surface area (Å²) in [5.41, 5.74) is 0.746. The number of ether oxygens (including phenoxy) is 1.